The summed E-state index contributed by atoms with van der Waals surface area (Å²) in [5, 5.41) is 3.25. The van der Waals surface area contributed by atoms with Gasteiger partial charge in [0.25, 0.3) is 0 Å². The van der Waals surface area contributed by atoms with Gasteiger partial charge in [-0.2, -0.15) is 0 Å². The number of hydrogen-bond acceptors (Lipinski definition) is 3. The summed E-state index contributed by atoms with van der Waals surface area (Å²) in [5.41, 5.74) is 11.2. The molecule has 0 amide bonds. The van der Waals surface area contributed by atoms with Crippen molar-refractivity contribution in [2.45, 2.75) is 20.8 Å². The predicted octanol–water partition coefficient (Wildman–Crippen LogP) is 3.33. The number of nitrogens with zero attached hydrogens (tertiary/aromatic N) is 1. The summed E-state index contributed by atoms with van der Waals surface area (Å²) >= 11 is 0. The molecule has 0 fully saturated rings. The fourth-order valence-electron chi connectivity index (χ4n) is 1.57. The van der Waals surface area contributed by atoms with Crippen molar-refractivity contribution < 1.29 is 0 Å². The Morgan fingerprint density at radius 3 is 2.41 bits per heavy atom. The van der Waals surface area contributed by atoms with Crippen molar-refractivity contribution in [2.75, 3.05) is 11.1 Å². The zero-order valence-corrected chi connectivity index (χ0v) is 10.4. The van der Waals surface area contributed by atoms with Crippen LogP contribution >= 0.6 is 0 Å². The van der Waals surface area contributed by atoms with Crippen LogP contribution in [-0.2, 0) is 0 Å². The lowest BCUT2D eigenvalue weighted by atomic mass is 10.1. The Morgan fingerprint density at radius 1 is 1.00 bits per heavy atom. The van der Waals surface area contributed by atoms with Gasteiger partial charge in [-0.3, -0.25) is 0 Å². The maximum absolute atomic E-state index is 5.85. The SMILES string of the molecule is Cc1ccc(Nc2cc(N)c(C)cn2)cc1C. The minimum atomic E-state index is 0.756. The van der Waals surface area contributed by atoms with E-state index in [4.69, 9.17) is 5.73 Å². The first-order valence-electron chi connectivity index (χ1n) is 5.62. The largest absolute Gasteiger partial charge is 0.398 e. The van der Waals surface area contributed by atoms with Gasteiger partial charge in [0, 0.05) is 23.6 Å². The van der Waals surface area contributed by atoms with Gasteiger partial charge in [0.15, 0.2) is 0 Å². The number of nitrogens with two attached hydrogens (primary N) is 1. The molecule has 0 aliphatic heterocycles. The molecule has 3 N–H and O–H groups in total. The Bertz CT molecular complexity index is 498. The second-order valence-corrected chi connectivity index (χ2v) is 4.35. The quantitative estimate of drug-likeness (QED) is 0.827. The minimum absolute atomic E-state index is 0.756. The van der Waals surface area contributed by atoms with E-state index in [0.717, 1.165) is 22.8 Å². The second-order valence-electron chi connectivity index (χ2n) is 4.35. The molecule has 0 aliphatic rings. The third kappa shape index (κ3) is 2.56. The smallest absolute Gasteiger partial charge is 0.132 e. The van der Waals surface area contributed by atoms with Crippen LogP contribution in [0.1, 0.15) is 16.7 Å². The number of hydrogen-bond donors (Lipinski definition) is 2. The number of aromatic nitrogens is 1. The first-order valence-corrected chi connectivity index (χ1v) is 5.62. The van der Waals surface area contributed by atoms with E-state index in [9.17, 15) is 0 Å². The van der Waals surface area contributed by atoms with Crippen LogP contribution in [0.3, 0.4) is 0 Å². The molecule has 17 heavy (non-hydrogen) atoms. The maximum atomic E-state index is 5.85. The Balaban J connectivity index is 2.25. The van der Waals surface area contributed by atoms with E-state index in [0.29, 0.717) is 0 Å². The molecule has 0 spiro atoms. The fourth-order valence-corrected chi connectivity index (χ4v) is 1.57. The number of pyridine rings is 1. The zero-order valence-electron chi connectivity index (χ0n) is 10.4. The highest BCUT2D eigenvalue weighted by Gasteiger charge is 2.00. The molecule has 1 aromatic heterocycles. The van der Waals surface area contributed by atoms with Crippen LogP contribution < -0.4 is 11.1 Å². The molecule has 0 radical (unpaired) electrons. The van der Waals surface area contributed by atoms with Crippen LogP contribution in [0.2, 0.25) is 0 Å². The molecule has 0 saturated heterocycles. The first kappa shape index (κ1) is 11.5. The van der Waals surface area contributed by atoms with Crippen molar-refractivity contribution in [1.82, 2.24) is 4.98 Å². The van der Waals surface area contributed by atoms with E-state index >= 15 is 0 Å². The van der Waals surface area contributed by atoms with E-state index in [1.807, 2.05) is 19.1 Å². The molecule has 0 bridgehead atoms. The van der Waals surface area contributed by atoms with Crippen molar-refractivity contribution in [2.24, 2.45) is 0 Å². The van der Waals surface area contributed by atoms with Gasteiger partial charge in [-0.25, -0.2) is 4.98 Å². The highest BCUT2D eigenvalue weighted by molar-refractivity contribution is 5.62. The normalized spacial score (nSPS) is 10.3. The molecule has 1 heterocycles. The molecule has 0 atom stereocenters. The summed E-state index contributed by atoms with van der Waals surface area (Å²) in [6.45, 7) is 6.14. The van der Waals surface area contributed by atoms with Gasteiger partial charge in [-0.1, -0.05) is 6.07 Å². The van der Waals surface area contributed by atoms with Gasteiger partial charge >= 0.3 is 0 Å². The summed E-state index contributed by atoms with van der Waals surface area (Å²) in [6.07, 6.45) is 1.78. The molecule has 0 saturated carbocycles. The summed E-state index contributed by atoms with van der Waals surface area (Å²) in [6, 6.07) is 8.09. The Kier molecular flexibility index (Phi) is 3.00. The number of rotatable bonds is 2. The molecular weight excluding hydrogens is 210 g/mol. The lowest BCUT2D eigenvalue weighted by molar-refractivity contribution is 1.26. The maximum Gasteiger partial charge on any atom is 0.132 e. The first-order chi connectivity index (χ1) is 8.06. The van der Waals surface area contributed by atoms with Crippen molar-refractivity contribution >= 4 is 17.2 Å². The Hall–Kier alpha value is -2.03. The Labute approximate surface area is 102 Å². The monoisotopic (exact) mass is 227 g/mol. The van der Waals surface area contributed by atoms with Crippen LogP contribution in [0.5, 0.6) is 0 Å². The lowest BCUT2D eigenvalue weighted by Crippen LogP contribution is -1.97. The van der Waals surface area contributed by atoms with Crippen molar-refractivity contribution in [3.05, 3.63) is 47.2 Å². The van der Waals surface area contributed by atoms with Crippen LogP contribution in [-0.4, -0.2) is 4.98 Å². The fraction of sp³-hybridized carbons (Fsp3) is 0.214. The molecular formula is C14H17N3. The Morgan fingerprint density at radius 2 is 1.76 bits per heavy atom. The molecule has 1 aromatic carbocycles. The second kappa shape index (κ2) is 4.45. The minimum Gasteiger partial charge on any atom is -0.398 e. The summed E-state index contributed by atoms with van der Waals surface area (Å²) in [4.78, 5) is 4.30. The number of anilines is 3. The summed E-state index contributed by atoms with van der Waals surface area (Å²) < 4.78 is 0. The van der Waals surface area contributed by atoms with Gasteiger partial charge < -0.3 is 11.1 Å². The number of aryl methyl sites for hydroxylation is 3. The standard InChI is InChI=1S/C14H17N3/c1-9-4-5-12(6-10(9)2)17-14-7-13(15)11(3)8-16-14/h4-8H,1-3H3,(H3,15,16,17). The molecule has 2 rings (SSSR count). The predicted molar refractivity (Wildman–Crippen MR) is 72.6 cm³/mol. The molecule has 2 aromatic rings. The van der Waals surface area contributed by atoms with Crippen LogP contribution in [0, 0.1) is 20.8 Å². The molecule has 0 aliphatic carbocycles. The highest BCUT2D eigenvalue weighted by atomic mass is 15.0. The van der Waals surface area contributed by atoms with Crippen LogP contribution in [0.15, 0.2) is 30.5 Å². The van der Waals surface area contributed by atoms with E-state index < -0.39 is 0 Å². The van der Waals surface area contributed by atoms with Crippen molar-refractivity contribution in [1.29, 1.82) is 0 Å². The topological polar surface area (TPSA) is 50.9 Å². The third-order valence-corrected chi connectivity index (χ3v) is 2.92. The molecule has 3 nitrogen and oxygen atoms in total. The van der Waals surface area contributed by atoms with Crippen LogP contribution in [0.25, 0.3) is 0 Å². The summed E-state index contributed by atoms with van der Waals surface area (Å²) in [7, 11) is 0. The van der Waals surface area contributed by atoms with E-state index in [1.54, 1.807) is 6.20 Å². The molecule has 88 valence electrons. The lowest BCUT2D eigenvalue weighted by Gasteiger charge is -2.09. The van der Waals surface area contributed by atoms with Crippen molar-refractivity contribution in [3.63, 3.8) is 0 Å². The highest BCUT2D eigenvalue weighted by Crippen LogP contribution is 2.20. The average molecular weight is 227 g/mol. The van der Waals surface area contributed by atoms with E-state index in [2.05, 4.69) is 36.3 Å². The van der Waals surface area contributed by atoms with Crippen molar-refractivity contribution in [3.8, 4) is 0 Å². The van der Waals surface area contributed by atoms with Gasteiger partial charge in [0.1, 0.15) is 5.82 Å². The van der Waals surface area contributed by atoms with E-state index in [1.165, 1.54) is 11.1 Å². The van der Waals surface area contributed by atoms with Gasteiger partial charge in [0.05, 0.1) is 0 Å². The van der Waals surface area contributed by atoms with E-state index in [-0.39, 0.29) is 0 Å². The summed E-state index contributed by atoms with van der Waals surface area (Å²) in [5.74, 6) is 0.774. The van der Waals surface area contributed by atoms with Gasteiger partial charge in [0.2, 0.25) is 0 Å². The molecule has 3 heteroatoms. The number of nitrogen functional groups attached to an aromatic ring is 1. The number of nitrogens with one attached hydrogen (secondary N) is 1. The number of benzene rings is 1. The molecule has 0 unspecified atom stereocenters. The zero-order chi connectivity index (χ0) is 12.4. The van der Waals surface area contributed by atoms with Gasteiger partial charge in [-0.15, -0.1) is 0 Å². The average Bonchev–Trinajstić information content (AvgIpc) is 2.29. The van der Waals surface area contributed by atoms with Gasteiger partial charge in [-0.05, 0) is 49.6 Å². The van der Waals surface area contributed by atoms with Crippen LogP contribution in [0.4, 0.5) is 17.2 Å². The third-order valence-electron chi connectivity index (χ3n) is 2.92.